The Kier molecular flexibility index (Phi) is 5.20. The Labute approximate surface area is 124 Å². The Balaban J connectivity index is 0.00000200. The summed E-state index contributed by atoms with van der Waals surface area (Å²) in [5, 5.41) is 3.13. The van der Waals surface area contributed by atoms with Crippen LogP contribution in [0.2, 0.25) is 0 Å². The molecule has 9 heteroatoms. The number of primary amides is 1. The van der Waals surface area contributed by atoms with Crippen molar-refractivity contribution in [2.24, 2.45) is 12.8 Å². The van der Waals surface area contributed by atoms with E-state index in [-0.39, 0.29) is 29.0 Å². The van der Waals surface area contributed by atoms with E-state index < -0.39 is 15.9 Å². The van der Waals surface area contributed by atoms with Gasteiger partial charge in [0.1, 0.15) is 10.6 Å². The molecule has 0 aromatic carbocycles. The van der Waals surface area contributed by atoms with E-state index >= 15 is 0 Å². The zero-order valence-corrected chi connectivity index (χ0v) is 13.0. The predicted octanol–water partition coefficient (Wildman–Crippen LogP) is -0.472. The molecule has 0 radical (unpaired) electrons. The van der Waals surface area contributed by atoms with Gasteiger partial charge in [-0.25, -0.2) is 8.42 Å². The van der Waals surface area contributed by atoms with Crippen molar-refractivity contribution >= 4 is 28.3 Å². The average molecular weight is 323 g/mol. The summed E-state index contributed by atoms with van der Waals surface area (Å²) in [5.41, 5.74) is 5.37. The van der Waals surface area contributed by atoms with Crippen LogP contribution in [0.4, 0.5) is 0 Å². The summed E-state index contributed by atoms with van der Waals surface area (Å²) in [4.78, 5) is 11.3. The smallest absolute Gasteiger partial charge is 0.265 e. The van der Waals surface area contributed by atoms with Crippen LogP contribution in [-0.2, 0) is 17.1 Å². The first-order valence-corrected chi connectivity index (χ1v) is 7.43. The van der Waals surface area contributed by atoms with Gasteiger partial charge >= 0.3 is 0 Å². The summed E-state index contributed by atoms with van der Waals surface area (Å²) in [7, 11) is -0.440. The first-order valence-electron chi connectivity index (χ1n) is 5.99. The minimum Gasteiger partial charge on any atom is -0.364 e. The number of rotatable bonds is 4. The fourth-order valence-electron chi connectivity index (χ4n) is 2.23. The second-order valence-corrected chi connectivity index (χ2v) is 6.70. The number of amides is 1. The number of aromatic nitrogens is 1. The molecule has 1 saturated heterocycles. The molecular weight excluding hydrogens is 304 g/mol. The summed E-state index contributed by atoms with van der Waals surface area (Å²) in [6, 6.07) is 1.26. The van der Waals surface area contributed by atoms with Gasteiger partial charge in [-0.1, -0.05) is 0 Å². The molecule has 3 N–H and O–H groups in total. The quantitative estimate of drug-likeness (QED) is 0.783. The van der Waals surface area contributed by atoms with Crippen LogP contribution in [0.25, 0.3) is 0 Å². The van der Waals surface area contributed by atoms with E-state index in [1.807, 2.05) is 0 Å². The highest BCUT2D eigenvalue weighted by molar-refractivity contribution is 7.89. The zero-order valence-electron chi connectivity index (χ0n) is 11.4. The minimum atomic E-state index is -3.59. The SMILES string of the molecule is CN(C1CCNC1)S(=O)(=O)c1cc(C(N)=O)n(C)c1.Cl. The van der Waals surface area contributed by atoms with Gasteiger partial charge in [-0.3, -0.25) is 4.79 Å². The van der Waals surface area contributed by atoms with Gasteiger partial charge in [-0.05, 0) is 19.0 Å². The molecule has 1 aromatic rings. The second-order valence-electron chi connectivity index (χ2n) is 4.70. The van der Waals surface area contributed by atoms with Gasteiger partial charge in [-0.2, -0.15) is 4.31 Å². The third-order valence-corrected chi connectivity index (χ3v) is 5.33. The van der Waals surface area contributed by atoms with Gasteiger partial charge in [0.25, 0.3) is 5.91 Å². The standard InChI is InChI=1S/C11H18N4O3S.ClH/c1-14-7-9(5-10(14)11(12)16)19(17,18)15(2)8-3-4-13-6-8;/h5,7-8,13H,3-4,6H2,1-2H3,(H2,12,16);1H. The van der Waals surface area contributed by atoms with E-state index in [0.29, 0.717) is 6.54 Å². The van der Waals surface area contributed by atoms with E-state index in [9.17, 15) is 13.2 Å². The largest absolute Gasteiger partial charge is 0.364 e. The molecule has 0 spiro atoms. The Morgan fingerprint density at radius 3 is 2.65 bits per heavy atom. The van der Waals surface area contributed by atoms with Crippen molar-refractivity contribution in [3.8, 4) is 0 Å². The van der Waals surface area contributed by atoms with Gasteiger partial charge in [0.05, 0.1) is 0 Å². The summed E-state index contributed by atoms with van der Waals surface area (Å²) in [6.45, 7) is 1.46. The number of nitrogens with one attached hydrogen (secondary N) is 1. The molecule has 1 aromatic heterocycles. The highest BCUT2D eigenvalue weighted by atomic mass is 35.5. The number of nitrogens with two attached hydrogens (primary N) is 1. The lowest BCUT2D eigenvalue weighted by molar-refractivity contribution is 0.0992. The zero-order chi connectivity index (χ0) is 14.2. The minimum absolute atomic E-state index is 0. The molecule has 1 atom stereocenters. The Hall–Kier alpha value is -1.09. The Bertz CT molecular complexity index is 593. The first-order chi connectivity index (χ1) is 8.84. The molecule has 7 nitrogen and oxygen atoms in total. The number of halogens is 1. The number of carbonyl (C=O) groups excluding carboxylic acids is 1. The van der Waals surface area contributed by atoms with Crippen molar-refractivity contribution in [3.05, 3.63) is 18.0 Å². The third-order valence-electron chi connectivity index (χ3n) is 3.46. The lowest BCUT2D eigenvalue weighted by atomic mass is 10.3. The van der Waals surface area contributed by atoms with Crippen molar-refractivity contribution in [3.63, 3.8) is 0 Å². The van der Waals surface area contributed by atoms with Crippen molar-refractivity contribution in [2.45, 2.75) is 17.4 Å². The number of likely N-dealkylation sites (N-methyl/N-ethyl adjacent to an activating group) is 1. The summed E-state index contributed by atoms with van der Waals surface area (Å²) in [5.74, 6) is -0.644. The number of hydrogen-bond acceptors (Lipinski definition) is 4. The summed E-state index contributed by atoms with van der Waals surface area (Å²) >= 11 is 0. The molecule has 0 saturated carbocycles. The number of carbonyl (C=O) groups is 1. The molecule has 1 unspecified atom stereocenters. The van der Waals surface area contributed by atoms with E-state index in [0.717, 1.165) is 13.0 Å². The summed E-state index contributed by atoms with van der Waals surface area (Å²) in [6.07, 6.45) is 2.19. The monoisotopic (exact) mass is 322 g/mol. The van der Waals surface area contributed by atoms with E-state index in [4.69, 9.17) is 5.73 Å². The van der Waals surface area contributed by atoms with Gasteiger partial charge in [-0.15, -0.1) is 12.4 Å². The molecule has 1 fully saturated rings. The lowest BCUT2D eigenvalue weighted by Crippen LogP contribution is -2.38. The van der Waals surface area contributed by atoms with Gasteiger partial charge in [0, 0.05) is 32.9 Å². The maximum atomic E-state index is 12.4. The number of nitrogens with zero attached hydrogens (tertiary/aromatic N) is 2. The number of aryl methyl sites for hydroxylation is 1. The molecule has 114 valence electrons. The highest BCUT2D eigenvalue weighted by Crippen LogP contribution is 2.21. The number of hydrogen-bond donors (Lipinski definition) is 2. The maximum Gasteiger partial charge on any atom is 0.265 e. The molecule has 0 bridgehead atoms. The maximum absolute atomic E-state index is 12.4. The third kappa shape index (κ3) is 2.98. The average Bonchev–Trinajstić information content (AvgIpc) is 2.96. The van der Waals surface area contributed by atoms with Crippen LogP contribution in [-0.4, -0.2) is 49.4 Å². The van der Waals surface area contributed by atoms with Crippen LogP contribution < -0.4 is 11.1 Å². The molecule has 1 aliphatic rings. The van der Waals surface area contributed by atoms with Crippen LogP contribution in [0, 0.1) is 0 Å². The molecular formula is C11H19ClN4O3S. The van der Waals surface area contributed by atoms with Crippen LogP contribution in [0.1, 0.15) is 16.9 Å². The Morgan fingerprint density at radius 2 is 2.20 bits per heavy atom. The first kappa shape index (κ1) is 17.0. The van der Waals surface area contributed by atoms with Crippen LogP contribution in [0.5, 0.6) is 0 Å². The lowest BCUT2D eigenvalue weighted by Gasteiger charge is -2.22. The van der Waals surface area contributed by atoms with Gasteiger partial charge < -0.3 is 15.6 Å². The highest BCUT2D eigenvalue weighted by Gasteiger charge is 2.31. The molecule has 2 rings (SSSR count). The van der Waals surface area contributed by atoms with E-state index in [1.54, 1.807) is 14.1 Å². The molecule has 0 aliphatic carbocycles. The van der Waals surface area contributed by atoms with Crippen LogP contribution in [0.15, 0.2) is 17.2 Å². The fourth-order valence-corrected chi connectivity index (χ4v) is 3.69. The Morgan fingerprint density at radius 1 is 1.55 bits per heavy atom. The van der Waals surface area contributed by atoms with Crippen LogP contribution in [0.3, 0.4) is 0 Å². The van der Waals surface area contributed by atoms with Gasteiger partial charge in [0.15, 0.2) is 0 Å². The van der Waals surface area contributed by atoms with Crippen molar-refractivity contribution in [2.75, 3.05) is 20.1 Å². The van der Waals surface area contributed by atoms with Crippen molar-refractivity contribution in [1.82, 2.24) is 14.2 Å². The summed E-state index contributed by atoms with van der Waals surface area (Å²) < 4.78 is 27.7. The van der Waals surface area contributed by atoms with E-state index in [1.165, 1.54) is 21.1 Å². The molecule has 2 heterocycles. The second kappa shape index (κ2) is 6.13. The van der Waals surface area contributed by atoms with Crippen molar-refractivity contribution in [1.29, 1.82) is 0 Å². The van der Waals surface area contributed by atoms with Crippen molar-refractivity contribution < 1.29 is 13.2 Å². The van der Waals surface area contributed by atoms with Crippen LogP contribution >= 0.6 is 12.4 Å². The number of sulfonamides is 1. The van der Waals surface area contributed by atoms with E-state index in [2.05, 4.69) is 5.32 Å². The molecule has 1 aliphatic heterocycles. The molecule has 20 heavy (non-hydrogen) atoms. The predicted molar refractivity (Wildman–Crippen MR) is 77.4 cm³/mol. The molecule has 1 amide bonds. The fraction of sp³-hybridized carbons (Fsp3) is 0.545. The van der Waals surface area contributed by atoms with Gasteiger partial charge in [0.2, 0.25) is 10.0 Å². The normalized spacial score (nSPS) is 19.1. The topological polar surface area (TPSA) is 97.4 Å².